The Morgan fingerprint density at radius 2 is 1.93 bits per heavy atom. The molecule has 0 radical (unpaired) electrons. The maximum Gasteiger partial charge on any atom is 0.342 e. The van der Waals surface area contributed by atoms with Gasteiger partial charge in [-0.2, -0.15) is 9.78 Å². The molecule has 3 heterocycles. The first-order valence-electron chi connectivity index (χ1n) is 9.69. The number of hydrogen-bond acceptors (Lipinski definition) is 6. The molecule has 0 bridgehead atoms. The number of amides is 1. The lowest BCUT2D eigenvalue weighted by Gasteiger charge is -2.26. The number of nitrogens with zero attached hydrogens (tertiary/aromatic N) is 4. The first-order chi connectivity index (χ1) is 14.6. The minimum absolute atomic E-state index is 0.00818. The first-order valence-corrected chi connectivity index (χ1v) is 10.1. The number of pyridine rings is 1. The fourth-order valence-corrected chi connectivity index (χ4v) is 3.50. The summed E-state index contributed by atoms with van der Waals surface area (Å²) in [6.45, 7) is 4.46. The van der Waals surface area contributed by atoms with Crippen LogP contribution in [0.3, 0.4) is 0 Å². The summed E-state index contributed by atoms with van der Waals surface area (Å²) in [6, 6.07) is 8.25. The van der Waals surface area contributed by atoms with Gasteiger partial charge < -0.3 is 15.2 Å². The SMILES string of the molecule is O=C(NCCN1CCOCC1)n1cc(-c2ccncc2)c(-c2ccc(O)c(Cl)c2)n1. The summed E-state index contributed by atoms with van der Waals surface area (Å²) >= 11 is 6.09. The largest absolute Gasteiger partial charge is 0.506 e. The van der Waals surface area contributed by atoms with Gasteiger partial charge in [-0.3, -0.25) is 9.88 Å². The molecule has 30 heavy (non-hydrogen) atoms. The third-order valence-electron chi connectivity index (χ3n) is 4.94. The standard InChI is InChI=1S/C21H22ClN5O3/c22-18-13-16(1-2-19(18)28)20-17(15-3-5-23-6-4-15)14-27(25-20)21(29)24-7-8-26-9-11-30-12-10-26/h1-6,13-14,28H,7-12H2,(H,24,29). The molecular weight excluding hydrogens is 406 g/mol. The van der Waals surface area contributed by atoms with Crippen LogP contribution in [0.5, 0.6) is 5.75 Å². The van der Waals surface area contributed by atoms with Gasteiger partial charge in [0.15, 0.2) is 0 Å². The van der Waals surface area contributed by atoms with Gasteiger partial charge in [-0.25, -0.2) is 4.79 Å². The van der Waals surface area contributed by atoms with Gasteiger partial charge in [-0.15, -0.1) is 0 Å². The Hall–Kier alpha value is -2.94. The minimum Gasteiger partial charge on any atom is -0.506 e. The van der Waals surface area contributed by atoms with Crippen molar-refractivity contribution in [2.75, 3.05) is 39.4 Å². The molecule has 9 heteroatoms. The summed E-state index contributed by atoms with van der Waals surface area (Å²) in [5.41, 5.74) is 2.93. The van der Waals surface area contributed by atoms with Gasteiger partial charge >= 0.3 is 6.03 Å². The Bertz CT molecular complexity index is 1020. The maximum absolute atomic E-state index is 12.7. The van der Waals surface area contributed by atoms with Crippen molar-refractivity contribution in [3.8, 4) is 28.1 Å². The van der Waals surface area contributed by atoms with Crippen LogP contribution in [0.1, 0.15) is 0 Å². The van der Waals surface area contributed by atoms with Crippen LogP contribution in [-0.4, -0.2) is 70.2 Å². The predicted molar refractivity (Wildman–Crippen MR) is 114 cm³/mol. The lowest BCUT2D eigenvalue weighted by atomic mass is 10.0. The number of carbonyl (C=O) groups excluding carboxylic acids is 1. The molecule has 0 spiro atoms. The molecule has 1 amide bonds. The van der Waals surface area contributed by atoms with Gasteiger partial charge in [-0.05, 0) is 35.9 Å². The number of phenolic OH excluding ortho intramolecular Hbond substituents is 1. The normalized spacial score (nSPS) is 14.6. The smallest absolute Gasteiger partial charge is 0.342 e. The molecule has 156 valence electrons. The number of phenols is 1. The number of nitrogens with one attached hydrogen (secondary N) is 1. The zero-order chi connectivity index (χ0) is 20.9. The maximum atomic E-state index is 12.7. The van der Waals surface area contributed by atoms with Crippen molar-refractivity contribution in [1.82, 2.24) is 25.0 Å². The second kappa shape index (κ2) is 9.25. The average molecular weight is 428 g/mol. The second-order valence-electron chi connectivity index (χ2n) is 6.92. The van der Waals surface area contributed by atoms with Crippen LogP contribution in [0.15, 0.2) is 48.9 Å². The monoisotopic (exact) mass is 427 g/mol. The fourth-order valence-electron chi connectivity index (χ4n) is 3.31. The Labute approximate surface area is 179 Å². The van der Waals surface area contributed by atoms with Gasteiger partial charge in [0.25, 0.3) is 0 Å². The van der Waals surface area contributed by atoms with Crippen molar-refractivity contribution >= 4 is 17.6 Å². The molecule has 0 unspecified atom stereocenters. The van der Waals surface area contributed by atoms with Crippen LogP contribution >= 0.6 is 11.6 Å². The molecule has 2 aromatic heterocycles. The molecule has 1 saturated heterocycles. The van der Waals surface area contributed by atoms with E-state index in [0.717, 1.165) is 44.0 Å². The molecule has 1 aromatic carbocycles. The van der Waals surface area contributed by atoms with Crippen LogP contribution in [0.25, 0.3) is 22.4 Å². The highest BCUT2D eigenvalue weighted by atomic mass is 35.5. The van der Waals surface area contributed by atoms with Gasteiger partial charge in [0.05, 0.1) is 18.2 Å². The number of rotatable bonds is 5. The van der Waals surface area contributed by atoms with E-state index in [1.54, 1.807) is 30.7 Å². The van der Waals surface area contributed by atoms with Crippen LogP contribution < -0.4 is 5.32 Å². The Morgan fingerprint density at radius 1 is 1.17 bits per heavy atom. The van der Waals surface area contributed by atoms with E-state index in [4.69, 9.17) is 16.3 Å². The number of morpholine rings is 1. The number of ether oxygens (including phenoxy) is 1. The Morgan fingerprint density at radius 3 is 2.67 bits per heavy atom. The molecule has 0 atom stereocenters. The van der Waals surface area contributed by atoms with E-state index in [2.05, 4.69) is 20.3 Å². The molecule has 3 aromatic rings. The molecule has 1 fully saturated rings. The summed E-state index contributed by atoms with van der Waals surface area (Å²) in [4.78, 5) is 19.0. The summed E-state index contributed by atoms with van der Waals surface area (Å²) in [5, 5.41) is 17.4. The van der Waals surface area contributed by atoms with Crippen molar-refractivity contribution in [1.29, 1.82) is 0 Å². The number of benzene rings is 1. The van der Waals surface area contributed by atoms with Crippen molar-refractivity contribution in [3.63, 3.8) is 0 Å². The van der Waals surface area contributed by atoms with E-state index < -0.39 is 0 Å². The van der Waals surface area contributed by atoms with Crippen molar-refractivity contribution < 1.29 is 14.6 Å². The number of aromatic hydroxyl groups is 1. The predicted octanol–water partition coefficient (Wildman–Crippen LogP) is 2.86. The van der Waals surface area contributed by atoms with Crippen LogP contribution in [0.2, 0.25) is 5.02 Å². The molecule has 8 nitrogen and oxygen atoms in total. The number of hydrogen-bond donors (Lipinski definition) is 2. The van der Waals surface area contributed by atoms with E-state index in [1.807, 2.05) is 12.1 Å². The summed E-state index contributed by atoms with van der Waals surface area (Å²) < 4.78 is 6.64. The molecular formula is C21H22ClN5O3. The second-order valence-corrected chi connectivity index (χ2v) is 7.33. The average Bonchev–Trinajstić information content (AvgIpc) is 3.23. The van der Waals surface area contributed by atoms with Crippen LogP contribution in [-0.2, 0) is 4.74 Å². The van der Waals surface area contributed by atoms with Crippen LogP contribution in [0, 0.1) is 0 Å². The zero-order valence-electron chi connectivity index (χ0n) is 16.3. The lowest BCUT2D eigenvalue weighted by molar-refractivity contribution is 0.0387. The van der Waals surface area contributed by atoms with Crippen molar-refractivity contribution in [2.24, 2.45) is 0 Å². The van der Waals surface area contributed by atoms with Crippen molar-refractivity contribution in [3.05, 3.63) is 53.9 Å². The summed E-state index contributed by atoms with van der Waals surface area (Å²) in [6.07, 6.45) is 5.06. The number of aromatic nitrogens is 3. The third kappa shape index (κ3) is 4.62. The molecule has 1 aliphatic rings. The number of carbonyl (C=O) groups is 1. The quantitative estimate of drug-likeness (QED) is 0.650. The highest BCUT2D eigenvalue weighted by Gasteiger charge is 2.18. The van der Waals surface area contributed by atoms with Crippen molar-refractivity contribution in [2.45, 2.75) is 0 Å². The first kappa shape index (κ1) is 20.3. The van der Waals surface area contributed by atoms with E-state index in [1.165, 1.54) is 10.7 Å². The van der Waals surface area contributed by atoms with Gasteiger partial charge in [0.1, 0.15) is 11.4 Å². The van der Waals surface area contributed by atoms with Gasteiger partial charge in [0.2, 0.25) is 0 Å². The van der Waals surface area contributed by atoms with Gasteiger partial charge in [-0.1, -0.05) is 11.6 Å². The molecule has 1 aliphatic heterocycles. The molecule has 0 aliphatic carbocycles. The third-order valence-corrected chi connectivity index (χ3v) is 5.25. The molecule has 4 rings (SSSR count). The Kier molecular flexibility index (Phi) is 6.27. The molecule has 2 N–H and O–H groups in total. The zero-order valence-corrected chi connectivity index (χ0v) is 17.0. The van der Waals surface area contributed by atoms with Gasteiger partial charge in [0, 0.05) is 55.9 Å². The van der Waals surface area contributed by atoms with E-state index >= 15 is 0 Å². The lowest BCUT2D eigenvalue weighted by Crippen LogP contribution is -2.42. The Balaban J connectivity index is 1.57. The summed E-state index contributed by atoms with van der Waals surface area (Å²) in [5.74, 6) is -0.00818. The van der Waals surface area contributed by atoms with E-state index in [-0.39, 0.29) is 16.8 Å². The van der Waals surface area contributed by atoms with E-state index in [0.29, 0.717) is 17.8 Å². The molecule has 0 saturated carbocycles. The highest BCUT2D eigenvalue weighted by molar-refractivity contribution is 6.32. The van der Waals surface area contributed by atoms with E-state index in [9.17, 15) is 9.90 Å². The summed E-state index contributed by atoms with van der Waals surface area (Å²) in [7, 11) is 0. The highest BCUT2D eigenvalue weighted by Crippen LogP contribution is 2.34. The minimum atomic E-state index is -0.310. The van der Waals surface area contributed by atoms with Crippen LogP contribution in [0.4, 0.5) is 4.79 Å². The number of halogens is 1. The topological polar surface area (TPSA) is 92.5 Å². The fraction of sp³-hybridized carbons (Fsp3) is 0.286.